The van der Waals surface area contributed by atoms with E-state index in [4.69, 9.17) is 10.00 Å². The summed E-state index contributed by atoms with van der Waals surface area (Å²) >= 11 is 0. The molecule has 0 bridgehead atoms. The highest BCUT2D eigenvalue weighted by molar-refractivity contribution is 7.90. The number of hydrogen-bond donors (Lipinski definition) is 2. The van der Waals surface area contributed by atoms with Crippen LogP contribution in [0.15, 0.2) is 0 Å². The molecule has 98 valence electrons. The Hall–Kier alpha value is -1.17. The van der Waals surface area contributed by atoms with Crippen LogP contribution >= 0.6 is 0 Å². The van der Waals surface area contributed by atoms with Crippen LogP contribution in [0.4, 0.5) is 0 Å². The number of nitrogens with one attached hydrogen (secondary N) is 2. The Morgan fingerprint density at radius 1 is 1.53 bits per heavy atom. The molecule has 0 aliphatic heterocycles. The Balaban J connectivity index is 4.11. The molecule has 0 heterocycles. The fourth-order valence-corrected chi connectivity index (χ4v) is 2.11. The van der Waals surface area contributed by atoms with Crippen LogP contribution in [-0.4, -0.2) is 46.4 Å². The van der Waals surface area contributed by atoms with Gasteiger partial charge in [0.25, 0.3) is 0 Å². The monoisotopic (exact) mass is 263 g/mol. The van der Waals surface area contributed by atoms with Gasteiger partial charge >= 0.3 is 0 Å². The second kappa shape index (κ2) is 8.00. The Bertz CT molecular complexity index is 374. The quantitative estimate of drug-likeness (QED) is 0.544. The van der Waals surface area contributed by atoms with Gasteiger partial charge in [-0.25, -0.2) is 13.1 Å². The second-order valence-electron chi connectivity index (χ2n) is 3.23. The summed E-state index contributed by atoms with van der Waals surface area (Å²) in [6.07, 6.45) is 0.178. The van der Waals surface area contributed by atoms with Gasteiger partial charge in [0.2, 0.25) is 15.9 Å². The number of methoxy groups -OCH3 is 1. The highest BCUT2D eigenvalue weighted by atomic mass is 32.2. The lowest BCUT2D eigenvalue weighted by Gasteiger charge is -2.10. The predicted octanol–water partition coefficient (Wildman–Crippen LogP) is -1.03. The third-order valence-corrected chi connectivity index (χ3v) is 3.69. The van der Waals surface area contributed by atoms with Crippen LogP contribution in [-0.2, 0) is 19.6 Å². The van der Waals surface area contributed by atoms with Gasteiger partial charge in [-0.15, -0.1) is 0 Å². The van der Waals surface area contributed by atoms with Crippen molar-refractivity contribution >= 4 is 15.9 Å². The van der Waals surface area contributed by atoms with E-state index in [0.29, 0.717) is 13.2 Å². The highest BCUT2D eigenvalue weighted by Crippen LogP contribution is 2.01. The van der Waals surface area contributed by atoms with Crippen molar-refractivity contribution in [3.63, 3.8) is 0 Å². The minimum absolute atomic E-state index is 0.178. The molecule has 0 aliphatic carbocycles. The lowest BCUT2D eigenvalue weighted by Crippen LogP contribution is -2.41. The molecule has 0 spiro atoms. The standard InChI is InChI=1S/C9H17N3O4S/c1-3-8(6-10)17(14,15)12-7-9(13)11-4-5-16-2/h8,12H,3-5,7H2,1-2H3,(H,11,13). The highest BCUT2D eigenvalue weighted by Gasteiger charge is 2.23. The molecule has 7 nitrogen and oxygen atoms in total. The van der Waals surface area contributed by atoms with Gasteiger partial charge < -0.3 is 10.1 Å². The summed E-state index contributed by atoms with van der Waals surface area (Å²) in [7, 11) is -2.26. The Morgan fingerprint density at radius 2 is 2.18 bits per heavy atom. The average Bonchev–Trinajstić information content (AvgIpc) is 2.28. The first kappa shape index (κ1) is 15.8. The number of amides is 1. The number of nitrogens with zero attached hydrogens (tertiary/aromatic N) is 1. The molecule has 0 saturated heterocycles. The van der Waals surface area contributed by atoms with Crippen LogP contribution in [0.3, 0.4) is 0 Å². The van der Waals surface area contributed by atoms with E-state index in [1.807, 2.05) is 0 Å². The number of nitriles is 1. The molecule has 0 saturated carbocycles. The Labute approximate surface area is 101 Å². The molecule has 2 N–H and O–H groups in total. The second-order valence-corrected chi connectivity index (χ2v) is 5.18. The van der Waals surface area contributed by atoms with E-state index in [9.17, 15) is 13.2 Å². The first-order chi connectivity index (χ1) is 7.97. The third-order valence-electron chi connectivity index (χ3n) is 1.95. The summed E-state index contributed by atoms with van der Waals surface area (Å²) in [4.78, 5) is 11.2. The van der Waals surface area contributed by atoms with Gasteiger partial charge in [0.1, 0.15) is 0 Å². The summed E-state index contributed by atoms with van der Waals surface area (Å²) in [6.45, 7) is 1.89. The Kier molecular flexibility index (Phi) is 7.45. The van der Waals surface area contributed by atoms with Gasteiger partial charge in [0.05, 0.1) is 19.2 Å². The van der Waals surface area contributed by atoms with E-state index in [2.05, 4.69) is 10.0 Å². The molecule has 0 radical (unpaired) electrons. The number of rotatable bonds is 8. The Morgan fingerprint density at radius 3 is 2.65 bits per heavy atom. The fraction of sp³-hybridized carbons (Fsp3) is 0.778. The smallest absolute Gasteiger partial charge is 0.235 e. The van der Waals surface area contributed by atoms with E-state index in [1.165, 1.54) is 7.11 Å². The van der Waals surface area contributed by atoms with Gasteiger partial charge in [-0.3, -0.25) is 4.79 Å². The summed E-state index contributed by atoms with van der Waals surface area (Å²) < 4.78 is 29.8. The first-order valence-electron chi connectivity index (χ1n) is 5.11. The number of hydrogen-bond acceptors (Lipinski definition) is 5. The van der Waals surface area contributed by atoms with Gasteiger partial charge in [0, 0.05) is 13.7 Å². The van der Waals surface area contributed by atoms with Crippen LogP contribution < -0.4 is 10.0 Å². The molecule has 1 unspecified atom stereocenters. The maximum Gasteiger partial charge on any atom is 0.235 e. The molecule has 1 atom stereocenters. The zero-order valence-electron chi connectivity index (χ0n) is 9.89. The largest absolute Gasteiger partial charge is 0.383 e. The molecule has 0 aromatic heterocycles. The topological polar surface area (TPSA) is 108 Å². The van der Waals surface area contributed by atoms with Crippen LogP contribution in [0.2, 0.25) is 0 Å². The van der Waals surface area contributed by atoms with Crippen molar-refractivity contribution < 1.29 is 17.9 Å². The van der Waals surface area contributed by atoms with Crippen LogP contribution in [0.25, 0.3) is 0 Å². The molecule has 0 aliphatic rings. The summed E-state index contributed by atoms with van der Waals surface area (Å²) in [5, 5.41) is 9.94. The molecule has 0 aromatic carbocycles. The fourth-order valence-electron chi connectivity index (χ4n) is 1.00. The van der Waals surface area contributed by atoms with E-state index < -0.39 is 21.2 Å². The van der Waals surface area contributed by atoms with E-state index in [1.54, 1.807) is 13.0 Å². The lowest BCUT2D eigenvalue weighted by molar-refractivity contribution is -0.120. The number of carbonyl (C=O) groups excluding carboxylic acids is 1. The maximum atomic E-state index is 11.5. The maximum absolute atomic E-state index is 11.5. The van der Waals surface area contributed by atoms with Crippen molar-refractivity contribution in [2.24, 2.45) is 0 Å². The minimum Gasteiger partial charge on any atom is -0.383 e. The molecule has 1 amide bonds. The molecule has 0 aromatic rings. The number of carbonyl (C=O) groups is 1. The van der Waals surface area contributed by atoms with Crippen molar-refractivity contribution in [1.82, 2.24) is 10.0 Å². The van der Waals surface area contributed by atoms with Gasteiger partial charge in [-0.2, -0.15) is 5.26 Å². The molecule has 0 fully saturated rings. The van der Waals surface area contributed by atoms with Crippen molar-refractivity contribution in [3.05, 3.63) is 0 Å². The summed E-state index contributed by atoms with van der Waals surface area (Å²) in [6, 6.07) is 1.67. The first-order valence-corrected chi connectivity index (χ1v) is 6.66. The molecule has 0 rings (SSSR count). The molecule has 17 heavy (non-hydrogen) atoms. The zero-order valence-corrected chi connectivity index (χ0v) is 10.7. The van der Waals surface area contributed by atoms with Gasteiger partial charge in [-0.1, -0.05) is 6.92 Å². The van der Waals surface area contributed by atoms with E-state index in [0.717, 1.165) is 0 Å². The van der Waals surface area contributed by atoms with Crippen LogP contribution in [0.5, 0.6) is 0 Å². The van der Waals surface area contributed by atoms with Crippen molar-refractivity contribution in [3.8, 4) is 6.07 Å². The van der Waals surface area contributed by atoms with Crippen molar-refractivity contribution in [2.75, 3.05) is 26.8 Å². The molecular formula is C9H17N3O4S. The zero-order chi connectivity index (χ0) is 13.3. The third kappa shape index (κ3) is 6.21. The predicted molar refractivity (Wildman–Crippen MR) is 61.5 cm³/mol. The van der Waals surface area contributed by atoms with Crippen molar-refractivity contribution in [1.29, 1.82) is 5.26 Å². The van der Waals surface area contributed by atoms with Gasteiger partial charge in [-0.05, 0) is 6.42 Å². The SMILES string of the molecule is CCC(C#N)S(=O)(=O)NCC(=O)NCCOC. The number of sulfonamides is 1. The minimum atomic E-state index is -3.75. The van der Waals surface area contributed by atoms with Crippen LogP contribution in [0, 0.1) is 11.3 Å². The van der Waals surface area contributed by atoms with E-state index in [-0.39, 0.29) is 13.0 Å². The van der Waals surface area contributed by atoms with E-state index >= 15 is 0 Å². The summed E-state index contributed by atoms with van der Waals surface area (Å²) in [5.41, 5.74) is 0. The summed E-state index contributed by atoms with van der Waals surface area (Å²) in [5.74, 6) is -0.460. The molecule has 8 heteroatoms. The molecular weight excluding hydrogens is 246 g/mol. The van der Waals surface area contributed by atoms with Crippen LogP contribution in [0.1, 0.15) is 13.3 Å². The van der Waals surface area contributed by atoms with Gasteiger partial charge in [0.15, 0.2) is 5.25 Å². The number of ether oxygens (including phenoxy) is 1. The lowest BCUT2D eigenvalue weighted by atomic mass is 10.4. The van der Waals surface area contributed by atoms with Crippen molar-refractivity contribution in [2.45, 2.75) is 18.6 Å². The average molecular weight is 263 g/mol. The normalized spacial score (nSPS) is 12.8.